The summed E-state index contributed by atoms with van der Waals surface area (Å²) in [6, 6.07) is 4.26. The maximum atomic E-state index is 6.11. The van der Waals surface area contributed by atoms with Gasteiger partial charge in [0, 0.05) is 16.6 Å². The standard InChI is InChI=1S/C15H24BrNO/c1-5-7-12(4)18-15-11(3)8-14(16)9-13(15)10-17-6-2/h8-9,12,17H,5-7,10H2,1-4H3. The molecule has 0 amide bonds. The summed E-state index contributed by atoms with van der Waals surface area (Å²) in [5, 5.41) is 3.36. The SMILES string of the molecule is CCCC(C)Oc1c(C)cc(Br)cc1CNCC. The average Bonchev–Trinajstić information content (AvgIpc) is 2.30. The van der Waals surface area contributed by atoms with Crippen LogP contribution >= 0.6 is 15.9 Å². The van der Waals surface area contributed by atoms with Gasteiger partial charge in [0.05, 0.1) is 6.10 Å². The van der Waals surface area contributed by atoms with Gasteiger partial charge < -0.3 is 10.1 Å². The predicted molar refractivity (Wildman–Crippen MR) is 81.3 cm³/mol. The second kappa shape index (κ2) is 7.80. The van der Waals surface area contributed by atoms with Crippen molar-refractivity contribution < 1.29 is 4.74 Å². The minimum absolute atomic E-state index is 0.273. The molecule has 0 saturated carbocycles. The van der Waals surface area contributed by atoms with E-state index in [1.807, 2.05) is 0 Å². The Kier molecular flexibility index (Phi) is 6.72. The van der Waals surface area contributed by atoms with E-state index in [1.54, 1.807) is 0 Å². The van der Waals surface area contributed by atoms with E-state index in [0.717, 1.165) is 36.2 Å². The quantitative estimate of drug-likeness (QED) is 0.803. The first-order chi connectivity index (χ1) is 8.58. The Balaban J connectivity index is 2.91. The van der Waals surface area contributed by atoms with Crippen LogP contribution in [0.5, 0.6) is 5.75 Å². The minimum atomic E-state index is 0.273. The molecule has 1 rings (SSSR count). The first-order valence-electron chi connectivity index (χ1n) is 6.74. The molecule has 0 fully saturated rings. The van der Waals surface area contributed by atoms with Crippen molar-refractivity contribution in [1.29, 1.82) is 0 Å². The lowest BCUT2D eigenvalue weighted by molar-refractivity contribution is 0.206. The number of halogens is 1. The van der Waals surface area contributed by atoms with Gasteiger partial charge in [0.2, 0.25) is 0 Å². The van der Waals surface area contributed by atoms with E-state index in [2.05, 4.69) is 61.1 Å². The fraction of sp³-hybridized carbons (Fsp3) is 0.600. The zero-order valence-electron chi connectivity index (χ0n) is 11.8. The molecular weight excluding hydrogens is 290 g/mol. The molecule has 0 saturated heterocycles. The zero-order valence-corrected chi connectivity index (χ0v) is 13.4. The first-order valence-corrected chi connectivity index (χ1v) is 7.54. The number of ether oxygens (including phenoxy) is 1. The van der Waals surface area contributed by atoms with Crippen LogP contribution in [0.2, 0.25) is 0 Å². The Hall–Kier alpha value is -0.540. The van der Waals surface area contributed by atoms with E-state index in [-0.39, 0.29) is 6.10 Å². The zero-order chi connectivity index (χ0) is 13.5. The summed E-state index contributed by atoms with van der Waals surface area (Å²) in [5.74, 6) is 1.04. The lowest BCUT2D eigenvalue weighted by Gasteiger charge is -2.19. The van der Waals surface area contributed by atoms with Crippen molar-refractivity contribution in [3.05, 3.63) is 27.7 Å². The fourth-order valence-corrected chi connectivity index (χ4v) is 2.65. The fourth-order valence-electron chi connectivity index (χ4n) is 2.03. The van der Waals surface area contributed by atoms with Crippen LogP contribution in [-0.4, -0.2) is 12.6 Å². The van der Waals surface area contributed by atoms with Crippen molar-refractivity contribution in [3.8, 4) is 5.75 Å². The number of rotatable bonds is 7. The highest BCUT2D eigenvalue weighted by Gasteiger charge is 2.11. The molecule has 1 N–H and O–H groups in total. The summed E-state index contributed by atoms with van der Waals surface area (Å²) >= 11 is 3.55. The Morgan fingerprint density at radius 2 is 2.06 bits per heavy atom. The summed E-state index contributed by atoms with van der Waals surface area (Å²) in [4.78, 5) is 0. The van der Waals surface area contributed by atoms with Gasteiger partial charge in [0.25, 0.3) is 0 Å². The first kappa shape index (κ1) is 15.5. The Morgan fingerprint density at radius 3 is 2.67 bits per heavy atom. The highest BCUT2D eigenvalue weighted by molar-refractivity contribution is 9.10. The molecule has 0 heterocycles. The summed E-state index contributed by atoms with van der Waals surface area (Å²) in [6.07, 6.45) is 2.52. The van der Waals surface area contributed by atoms with Crippen LogP contribution < -0.4 is 10.1 Å². The molecule has 2 nitrogen and oxygen atoms in total. The molecule has 1 atom stereocenters. The second-order valence-corrected chi connectivity index (χ2v) is 5.62. The average molecular weight is 314 g/mol. The lowest BCUT2D eigenvalue weighted by atomic mass is 10.1. The Morgan fingerprint density at radius 1 is 1.33 bits per heavy atom. The van der Waals surface area contributed by atoms with E-state index in [0.29, 0.717) is 0 Å². The van der Waals surface area contributed by atoms with Gasteiger partial charge in [-0.05, 0) is 44.5 Å². The topological polar surface area (TPSA) is 21.3 Å². The second-order valence-electron chi connectivity index (χ2n) is 4.71. The molecule has 3 heteroatoms. The maximum absolute atomic E-state index is 6.11. The van der Waals surface area contributed by atoms with E-state index in [1.165, 1.54) is 11.1 Å². The molecule has 1 aromatic carbocycles. The number of nitrogens with one attached hydrogen (secondary N) is 1. The molecule has 0 aliphatic heterocycles. The summed E-state index contributed by atoms with van der Waals surface area (Å²) in [6.45, 7) is 10.4. The molecular formula is C15H24BrNO. The van der Waals surface area contributed by atoms with Gasteiger partial charge in [-0.2, -0.15) is 0 Å². The van der Waals surface area contributed by atoms with Crippen LogP contribution in [0.25, 0.3) is 0 Å². The van der Waals surface area contributed by atoms with Crippen molar-refractivity contribution in [1.82, 2.24) is 5.32 Å². The number of benzene rings is 1. The van der Waals surface area contributed by atoms with E-state index in [4.69, 9.17) is 4.74 Å². The van der Waals surface area contributed by atoms with Crippen molar-refractivity contribution in [3.63, 3.8) is 0 Å². The van der Waals surface area contributed by atoms with E-state index in [9.17, 15) is 0 Å². The van der Waals surface area contributed by atoms with Gasteiger partial charge in [0.1, 0.15) is 5.75 Å². The molecule has 0 bridgehead atoms. The van der Waals surface area contributed by atoms with Crippen molar-refractivity contribution >= 4 is 15.9 Å². The van der Waals surface area contributed by atoms with Gasteiger partial charge in [-0.15, -0.1) is 0 Å². The van der Waals surface area contributed by atoms with Crippen LogP contribution in [0.1, 0.15) is 44.7 Å². The predicted octanol–water partition coefficient (Wildman–Crippen LogP) is 4.43. The molecule has 0 aliphatic rings. The molecule has 0 spiro atoms. The smallest absolute Gasteiger partial charge is 0.127 e. The molecule has 18 heavy (non-hydrogen) atoms. The molecule has 1 unspecified atom stereocenters. The van der Waals surface area contributed by atoms with E-state index < -0.39 is 0 Å². The summed E-state index contributed by atoms with van der Waals surface area (Å²) in [5.41, 5.74) is 2.42. The number of hydrogen-bond acceptors (Lipinski definition) is 2. The van der Waals surface area contributed by atoms with Gasteiger partial charge in [-0.3, -0.25) is 0 Å². The number of aryl methyl sites for hydroxylation is 1. The van der Waals surface area contributed by atoms with Gasteiger partial charge in [-0.25, -0.2) is 0 Å². The van der Waals surface area contributed by atoms with Crippen molar-refractivity contribution in [2.75, 3.05) is 6.54 Å². The normalized spacial score (nSPS) is 12.5. The highest BCUT2D eigenvalue weighted by atomic mass is 79.9. The summed E-state index contributed by atoms with van der Waals surface area (Å²) in [7, 11) is 0. The minimum Gasteiger partial charge on any atom is -0.490 e. The molecule has 102 valence electrons. The Labute approximate surface area is 119 Å². The third-order valence-corrected chi connectivity index (χ3v) is 3.35. The van der Waals surface area contributed by atoms with Crippen LogP contribution in [0.3, 0.4) is 0 Å². The van der Waals surface area contributed by atoms with Crippen molar-refractivity contribution in [2.45, 2.75) is 53.2 Å². The Bertz CT molecular complexity index is 379. The van der Waals surface area contributed by atoms with Gasteiger partial charge >= 0.3 is 0 Å². The molecule has 0 aromatic heterocycles. The maximum Gasteiger partial charge on any atom is 0.127 e. The van der Waals surface area contributed by atoms with Crippen LogP contribution in [0.15, 0.2) is 16.6 Å². The number of hydrogen-bond donors (Lipinski definition) is 1. The van der Waals surface area contributed by atoms with Crippen LogP contribution in [-0.2, 0) is 6.54 Å². The third-order valence-electron chi connectivity index (χ3n) is 2.90. The van der Waals surface area contributed by atoms with Crippen LogP contribution in [0, 0.1) is 6.92 Å². The van der Waals surface area contributed by atoms with Gasteiger partial charge in [-0.1, -0.05) is 36.2 Å². The highest BCUT2D eigenvalue weighted by Crippen LogP contribution is 2.29. The third kappa shape index (κ3) is 4.62. The van der Waals surface area contributed by atoms with Crippen molar-refractivity contribution in [2.24, 2.45) is 0 Å². The summed E-state index contributed by atoms with van der Waals surface area (Å²) < 4.78 is 7.22. The lowest BCUT2D eigenvalue weighted by Crippen LogP contribution is -2.17. The molecule has 0 aliphatic carbocycles. The largest absolute Gasteiger partial charge is 0.490 e. The monoisotopic (exact) mass is 313 g/mol. The molecule has 1 aromatic rings. The van der Waals surface area contributed by atoms with Gasteiger partial charge in [0.15, 0.2) is 0 Å². The molecule has 0 radical (unpaired) electrons. The van der Waals surface area contributed by atoms with Crippen LogP contribution in [0.4, 0.5) is 0 Å². The van der Waals surface area contributed by atoms with E-state index >= 15 is 0 Å².